The molecular formula is C20H28N2OS. The third-order valence-electron chi connectivity index (χ3n) is 5.53. The highest BCUT2D eigenvalue weighted by molar-refractivity contribution is 8.00. The lowest BCUT2D eigenvalue weighted by Gasteiger charge is -2.40. The molecule has 3 nitrogen and oxygen atoms in total. The monoisotopic (exact) mass is 344 g/mol. The van der Waals surface area contributed by atoms with E-state index in [2.05, 4.69) is 60.0 Å². The van der Waals surface area contributed by atoms with Crippen molar-refractivity contribution < 1.29 is 4.74 Å². The zero-order chi connectivity index (χ0) is 16.8. The molecule has 130 valence electrons. The SMILES string of the molecule is C[C@H]1SCCN(CCCC2(C#N)CCOCC2)[C@H]1c1ccccc1. The molecule has 2 atom stereocenters. The first-order chi connectivity index (χ1) is 11.7. The third-order valence-corrected chi connectivity index (χ3v) is 6.73. The van der Waals surface area contributed by atoms with Gasteiger partial charge < -0.3 is 4.74 Å². The third kappa shape index (κ3) is 4.14. The second-order valence-corrected chi connectivity index (χ2v) is 8.56. The number of hydrogen-bond donors (Lipinski definition) is 0. The first kappa shape index (κ1) is 17.8. The molecule has 2 aliphatic rings. The van der Waals surface area contributed by atoms with E-state index < -0.39 is 0 Å². The minimum absolute atomic E-state index is 0.142. The molecule has 1 aromatic rings. The van der Waals surface area contributed by atoms with Gasteiger partial charge in [-0.25, -0.2) is 0 Å². The molecule has 0 aliphatic carbocycles. The van der Waals surface area contributed by atoms with Gasteiger partial charge in [0.05, 0.1) is 11.5 Å². The largest absolute Gasteiger partial charge is 0.381 e. The Morgan fingerprint density at radius 1 is 1.29 bits per heavy atom. The van der Waals surface area contributed by atoms with E-state index in [9.17, 15) is 5.26 Å². The average Bonchev–Trinajstić information content (AvgIpc) is 2.63. The molecule has 4 heteroatoms. The van der Waals surface area contributed by atoms with Crippen molar-refractivity contribution in [1.82, 2.24) is 4.90 Å². The van der Waals surface area contributed by atoms with E-state index in [4.69, 9.17) is 4.74 Å². The van der Waals surface area contributed by atoms with Gasteiger partial charge in [0.2, 0.25) is 0 Å². The lowest BCUT2D eigenvalue weighted by Crippen LogP contribution is -2.41. The van der Waals surface area contributed by atoms with Gasteiger partial charge in [-0.15, -0.1) is 0 Å². The fraction of sp³-hybridized carbons (Fsp3) is 0.650. The Kier molecular flexibility index (Phi) is 6.21. The fourth-order valence-electron chi connectivity index (χ4n) is 4.07. The number of nitriles is 1. The Morgan fingerprint density at radius 2 is 2.04 bits per heavy atom. The maximum atomic E-state index is 9.63. The van der Waals surface area contributed by atoms with Crippen LogP contribution in [0.2, 0.25) is 0 Å². The molecule has 0 aromatic heterocycles. The summed E-state index contributed by atoms with van der Waals surface area (Å²) < 4.78 is 5.45. The number of benzene rings is 1. The summed E-state index contributed by atoms with van der Waals surface area (Å²) in [4.78, 5) is 2.64. The molecule has 0 N–H and O–H groups in total. The second-order valence-electron chi connectivity index (χ2n) is 7.08. The van der Waals surface area contributed by atoms with E-state index >= 15 is 0 Å². The van der Waals surface area contributed by atoms with Crippen molar-refractivity contribution >= 4 is 11.8 Å². The molecule has 0 spiro atoms. The van der Waals surface area contributed by atoms with Gasteiger partial charge in [0.1, 0.15) is 0 Å². The molecule has 0 bridgehead atoms. The zero-order valence-electron chi connectivity index (χ0n) is 14.6. The normalized spacial score (nSPS) is 27.5. The van der Waals surface area contributed by atoms with Crippen LogP contribution in [0.15, 0.2) is 30.3 Å². The Bertz CT molecular complexity index is 551. The number of thioether (sulfide) groups is 1. The van der Waals surface area contributed by atoms with E-state index in [1.54, 1.807) is 0 Å². The number of rotatable bonds is 5. The maximum absolute atomic E-state index is 9.63. The molecule has 24 heavy (non-hydrogen) atoms. The van der Waals surface area contributed by atoms with Crippen LogP contribution in [0.1, 0.15) is 44.2 Å². The van der Waals surface area contributed by atoms with Gasteiger partial charge >= 0.3 is 0 Å². The van der Waals surface area contributed by atoms with Crippen LogP contribution in [0, 0.1) is 16.7 Å². The Morgan fingerprint density at radius 3 is 2.75 bits per heavy atom. The van der Waals surface area contributed by atoms with Gasteiger partial charge in [0, 0.05) is 36.8 Å². The summed E-state index contributed by atoms with van der Waals surface area (Å²) >= 11 is 2.08. The van der Waals surface area contributed by atoms with E-state index in [-0.39, 0.29) is 5.41 Å². The molecule has 0 unspecified atom stereocenters. The number of ether oxygens (including phenoxy) is 1. The molecule has 2 fully saturated rings. The zero-order valence-corrected chi connectivity index (χ0v) is 15.4. The van der Waals surface area contributed by atoms with Crippen molar-refractivity contribution in [3.63, 3.8) is 0 Å². The number of hydrogen-bond acceptors (Lipinski definition) is 4. The van der Waals surface area contributed by atoms with E-state index in [1.807, 2.05) is 0 Å². The average molecular weight is 345 g/mol. The van der Waals surface area contributed by atoms with Crippen LogP contribution in [-0.2, 0) is 4.74 Å². The van der Waals surface area contributed by atoms with Crippen LogP contribution < -0.4 is 0 Å². The Labute approximate surface area is 150 Å². The summed E-state index contributed by atoms with van der Waals surface area (Å²) in [5.41, 5.74) is 1.29. The topological polar surface area (TPSA) is 36.3 Å². The molecule has 2 heterocycles. The lowest BCUT2D eigenvalue weighted by molar-refractivity contribution is 0.0343. The minimum atomic E-state index is -0.142. The van der Waals surface area contributed by atoms with E-state index in [0.29, 0.717) is 11.3 Å². The summed E-state index contributed by atoms with van der Waals surface area (Å²) in [6.45, 7) is 6.09. The van der Waals surface area contributed by atoms with Crippen LogP contribution in [0.3, 0.4) is 0 Å². The molecule has 2 aliphatic heterocycles. The molecule has 0 saturated carbocycles. The van der Waals surface area contributed by atoms with Crippen molar-refractivity contribution in [2.75, 3.05) is 32.1 Å². The predicted molar refractivity (Wildman–Crippen MR) is 100 cm³/mol. The molecular weight excluding hydrogens is 316 g/mol. The molecule has 2 saturated heterocycles. The van der Waals surface area contributed by atoms with Gasteiger partial charge in [0.25, 0.3) is 0 Å². The van der Waals surface area contributed by atoms with Gasteiger partial charge in [-0.2, -0.15) is 17.0 Å². The maximum Gasteiger partial charge on any atom is 0.0691 e. The summed E-state index contributed by atoms with van der Waals surface area (Å²) in [5, 5.41) is 10.2. The Balaban J connectivity index is 1.61. The summed E-state index contributed by atoms with van der Waals surface area (Å²) in [7, 11) is 0. The quantitative estimate of drug-likeness (QED) is 0.799. The first-order valence-electron chi connectivity index (χ1n) is 9.14. The highest BCUT2D eigenvalue weighted by Gasteiger charge is 2.34. The first-order valence-corrected chi connectivity index (χ1v) is 10.2. The minimum Gasteiger partial charge on any atom is -0.381 e. The van der Waals surface area contributed by atoms with Crippen molar-refractivity contribution in [1.29, 1.82) is 5.26 Å². The molecule has 1 aromatic carbocycles. The second kappa shape index (κ2) is 8.38. The van der Waals surface area contributed by atoms with Crippen LogP contribution in [0.25, 0.3) is 0 Å². The van der Waals surface area contributed by atoms with Crippen LogP contribution in [0.5, 0.6) is 0 Å². The van der Waals surface area contributed by atoms with Crippen molar-refractivity contribution in [2.24, 2.45) is 5.41 Å². The van der Waals surface area contributed by atoms with Gasteiger partial charge in [0.15, 0.2) is 0 Å². The highest BCUT2D eigenvalue weighted by atomic mass is 32.2. The summed E-state index contributed by atoms with van der Waals surface area (Å²) in [6.07, 6.45) is 3.91. The number of nitrogens with zero attached hydrogens (tertiary/aromatic N) is 2. The molecule has 3 rings (SSSR count). The molecule has 0 radical (unpaired) electrons. The van der Waals surface area contributed by atoms with Crippen molar-refractivity contribution in [2.45, 2.75) is 43.9 Å². The van der Waals surface area contributed by atoms with E-state index in [1.165, 1.54) is 11.3 Å². The van der Waals surface area contributed by atoms with Crippen molar-refractivity contribution in [3.8, 4) is 6.07 Å². The summed E-state index contributed by atoms with van der Waals surface area (Å²) in [6, 6.07) is 14.0. The predicted octanol–water partition coefficient (Wildman–Crippen LogP) is 4.27. The smallest absolute Gasteiger partial charge is 0.0691 e. The van der Waals surface area contributed by atoms with Gasteiger partial charge in [-0.05, 0) is 37.8 Å². The van der Waals surface area contributed by atoms with Gasteiger partial charge in [-0.1, -0.05) is 37.3 Å². The summed E-state index contributed by atoms with van der Waals surface area (Å²) in [5.74, 6) is 1.21. The van der Waals surface area contributed by atoms with Crippen LogP contribution >= 0.6 is 11.8 Å². The standard InChI is InChI=1S/C20H28N2OS/c1-17-19(18-6-3-2-4-7-18)22(12-15-24-17)11-5-8-20(16-21)9-13-23-14-10-20/h2-4,6-7,17,19H,5,8-15H2,1H3/t17-,19-/m1/s1. The highest BCUT2D eigenvalue weighted by Crippen LogP contribution is 2.38. The lowest BCUT2D eigenvalue weighted by atomic mass is 9.78. The Hall–Kier alpha value is -1.02. The van der Waals surface area contributed by atoms with E-state index in [0.717, 1.165) is 52.0 Å². The van der Waals surface area contributed by atoms with Crippen LogP contribution in [-0.4, -0.2) is 42.2 Å². The fourth-order valence-corrected chi connectivity index (χ4v) is 5.29. The molecule has 0 amide bonds. The van der Waals surface area contributed by atoms with Crippen LogP contribution in [0.4, 0.5) is 0 Å². The van der Waals surface area contributed by atoms with Gasteiger partial charge in [-0.3, -0.25) is 4.90 Å². The van der Waals surface area contributed by atoms with Crippen molar-refractivity contribution in [3.05, 3.63) is 35.9 Å².